The molecule has 0 saturated carbocycles. The lowest BCUT2D eigenvalue weighted by Gasteiger charge is -2.12. The first kappa shape index (κ1) is 19.3. The van der Waals surface area contributed by atoms with Crippen LogP contribution in [0.1, 0.15) is 104 Å². The van der Waals surface area contributed by atoms with Crippen LogP contribution in [-0.4, -0.2) is 18.2 Å². The van der Waals surface area contributed by atoms with E-state index in [4.69, 9.17) is 4.74 Å². The molecule has 0 aliphatic carbocycles. The molecule has 2 unspecified atom stereocenters. The Morgan fingerprint density at radius 3 is 1.68 bits per heavy atom. The van der Waals surface area contributed by atoms with Gasteiger partial charge in [-0.3, -0.25) is 0 Å². The fourth-order valence-corrected chi connectivity index (χ4v) is 3.22. The molecule has 1 aliphatic heterocycles. The van der Waals surface area contributed by atoms with Crippen LogP contribution in [0.2, 0.25) is 0 Å². The molecule has 1 amide bonds. The number of amides is 1. The summed E-state index contributed by atoms with van der Waals surface area (Å²) in [5, 5.41) is 2.80. The number of rotatable bonds is 14. The van der Waals surface area contributed by atoms with Crippen LogP contribution in [0.25, 0.3) is 0 Å². The highest BCUT2D eigenvalue weighted by atomic mass is 16.6. The molecule has 0 spiro atoms. The monoisotopic (exact) mass is 311 g/mol. The van der Waals surface area contributed by atoms with Crippen molar-refractivity contribution in [2.24, 2.45) is 0 Å². The zero-order chi connectivity index (χ0) is 16.0. The lowest BCUT2D eigenvalue weighted by Crippen LogP contribution is -2.27. The zero-order valence-corrected chi connectivity index (χ0v) is 14.9. The standard InChI is InChI=1S/C19H37NO2/c1-3-4-5-6-7-8-9-10-11-12-13-14-15-16-18-17(2)20-19(21)22-18/h17-18H,3-16H2,1-2H3,(H,20,21). The Balaban J connectivity index is 1.76. The van der Waals surface area contributed by atoms with E-state index in [1.807, 2.05) is 6.92 Å². The van der Waals surface area contributed by atoms with Crippen LogP contribution in [0, 0.1) is 0 Å². The topological polar surface area (TPSA) is 38.3 Å². The summed E-state index contributed by atoms with van der Waals surface area (Å²) in [6, 6.07) is 0.185. The molecule has 1 N–H and O–H groups in total. The van der Waals surface area contributed by atoms with Crippen molar-refractivity contribution in [3.05, 3.63) is 0 Å². The molecule has 1 fully saturated rings. The van der Waals surface area contributed by atoms with Crippen molar-refractivity contribution in [1.82, 2.24) is 5.32 Å². The van der Waals surface area contributed by atoms with E-state index >= 15 is 0 Å². The van der Waals surface area contributed by atoms with E-state index in [0.717, 1.165) is 6.42 Å². The molecule has 1 rings (SSSR count). The highest BCUT2D eigenvalue weighted by molar-refractivity contribution is 5.70. The first-order valence-electron chi connectivity index (χ1n) is 9.71. The van der Waals surface area contributed by atoms with E-state index < -0.39 is 0 Å². The van der Waals surface area contributed by atoms with E-state index in [1.54, 1.807) is 0 Å². The number of alkyl carbamates (subject to hydrolysis) is 1. The Bertz CT molecular complexity index is 281. The van der Waals surface area contributed by atoms with Gasteiger partial charge < -0.3 is 10.1 Å². The number of hydrogen-bond donors (Lipinski definition) is 1. The van der Waals surface area contributed by atoms with E-state index in [0.29, 0.717) is 0 Å². The maximum atomic E-state index is 11.1. The Hall–Kier alpha value is -0.730. The fraction of sp³-hybridized carbons (Fsp3) is 0.947. The molecule has 3 heteroatoms. The van der Waals surface area contributed by atoms with Gasteiger partial charge in [-0.1, -0.05) is 84.0 Å². The summed E-state index contributed by atoms with van der Waals surface area (Å²) in [5.41, 5.74) is 0. The van der Waals surface area contributed by atoms with Gasteiger partial charge in [0.25, 0.3) is 0 Å². The number of hydrogen-bond acceptors (Lipinski definition) is 2. The van der Waals surface area contributed by atoms with Crippen LogP contribution >= 0.6 is 0 Å². The molecule has 130 valence electrons. The minimum atomic E-state index is -0.243. The first-order valence-corrected chi connectivity index (χ1v) is 9.71. The van der Waals surface area contributed by atoms with E-state index in [9.17, 15) is 4.79 Å². The minimum absolute atomic E-state index is 0.0974. The van der Waals surface area contributed by atoms with E-state index in [1.165, 1.54) is 83.5 Å². The summed E-state index contributed by atoms with van der Waals surface area (Å²) in [6.07, 6.45) is 18.7. The third-order valence-electron chi connectivity index (χ3n) is 4.75. The van der Waals surface area contributed by atoms with Gasteiger partial charge in [0.1, 0.15) is 6.10 Å². The molecule has 0 aromatic carbocycles. The van der Waals surface area contributed by atoms with Gasteiger partial charge in [-0.15, -0.1) is 0 Å². The van der Waals surface area contributed by atoms with Crippen LogP contribution in [0.3, 0.4) is 0 Å². The summed E-state index contributed by atoms with van der Waals surface area (Å²) >= 11 is 0. The van der Waals surface area contributed by atoms with Crippen LogP contribution < -0.4 is 5.32 Å². The summed E-state index contributed by atoms with van der Waals surface area (Å²) < 4.78 is 5.23. The number of unbranched alkanes of at least 4 members (excludes halogenated alkanes) is 12. The Kier molecular flexibility index (Phi) is 11.2. The lowest BCUT2D eigenvalue weighted by atomic mass is 10.0. The van der Waals surface area contributed by atoms with Gasteiger partial charge in [0, 0.05) is 0 Å². The highest BCUT2D eigenvalue weighted by Crippen LogP contribution is 2.17. The Morgan fingerprint density at radius 2 is 1.27 bits per heavy atom. The van der Waals surface area contributed by atoms with Gasteiger partial charge in [0.2, 0.25) is 0 Å². The van der Waals surface area contributed by atoms with Crippen LogP contribution in [0.15, 0.2) is 0 Å². The van der Waals surface area contributed by atoms with E-state index in [2.05, 4.69) is 12.2 Å². The number of carbonyl (C=O) groups excluding carboxylic acids is 1. The quantitative estimate of drug-likeness (QED) is 0.402. The molecule has 22 heavy (non-hydrogen) atoms. The molecule has 1 heterocycles. The van der Waals surface area contributed by atoms with Gasteiger partial charge in [0.05, 0.1) is 6.04 Å². The van der Waals surface area contributed by atoms with Crippen molar-refractivity contribution >= 4 is 6.09 Å². The van der Waals surface area contributed by atoms with Gasteiger partial charge >= 0.3 is 6.09 Å². The minimum Gasteiger partial charge on any atom is -0.444 e. The number of ether oxygens (including phenoxy) is 1. The molecule has 2 atom stereocenters. The van der Waals surface area contributed by atoms with Crippen molar-refractivity contribution in [2.75, 3.05) is 0 Å². The van der Waals surface area contributed by atoms with Crippen molar-refractivity contribution < 1.29 is 9.53 Å². The Morgan fingerprint density at radius 1 is 0.818 bits per heavy atom. The lowest BCUT2D eigenvalue weighted by molar-refractivity contribution is 0.126. The Labute approximate surface area is 137 Å². The summed E-state index contributed by atoms with van der Waals surface area (Å²) in [5.74, 6) is 0. The summed E-state index contributed by atoms with van der Waals surface area (Å²) in [7, 11) is 0. The largest absolute Gasteiger partial charge is 0.444 e. The second kappa shape index (κ2) is 12.8. The van der Waals surface area contributed by atoms with Gasteiger partial charge in [0.15, 0.2) is 0 Å². The van der Waals surface area contributed by atoms with Crippen molar-refractivity contribution in [2.45, 2.75) is 116 Å². The average molecular weight is 312 g/mol. The van der Waals surface area contributed by atoms with Gasteiger partial charge in [-0.25, -0.2) is 4.79 Å². The maximum absolute atomic E-state index is 11.1. The van der Waals surface area contributed by atoms with Crippen molar-refractivity contribution in [3.63, 3.8) is 0 Å². The molecule has 0 bridgehead atoms. The number of carbonyl (C=O) groups is 1. The van der Waals surface area contributed by atoms with Gasteiger partial charge in [-0.2, -0.15) is 0 Å². The first-order chi connectivity index (χ1) is 10.7. The molecule has 3 nitrogen and oxygen atoms in total. The van der Waals surface area contributed by atoms with Crippen LogP contribution in [0.5, 0.6) is 0 Å². The smallest absolute Gasteiger partial charge is 0.407 e. The van der Waals surface area contributed by atoms with Crippen LogP contribution in [-0.2, 0) is 4.74 Å². The third kappa shape index (κ3) is 9.32. The summed E-state index contributed by atoms with van der Waals surface area (Å²) in [6.45, 7) is 4.30. The summed E-state index contributed by atoms with van der Waals surface area (Å²) in [4.78, 5) is 11.1. The fourth-order valence-electron chi connectivity index (χ4n) is 3.22. The van der Waals surface area contributed by atoms with Crippen molar-refractivity contribution in [3.8, 4) is 0 Å². The predicted molar refractivity (Wildman–Crippen MR) is 93.2 cm³/mol. The number of nitrogens with one attached hydrogen (secondary N) is 1. The molecule has 1 saturated heterocycles. The number of cyclic esters (lactones) is 1. The normalized spacial score (nSPS) is 20.9. The molecule has 1 aliphatic rings. The molecular formula is C19H37NO2. The molecule has 0 aromatic rings. The molecule has 0 aromatic heterocycles. The maximum Gasteiger partial charge on any atom is 0.407 e. The predicted octanol–water partition coefficient (Wildman–Crippen LogP) is 5.96. The SMILES string of the molecule is CCCCCCCCCCCCCCCC1OC(=O)NC1C. The van der Waals surface area contributed by atoms with Crippen molar-refractivity contribution in [1.29, 1.82) is 0 Å². The molecular weight excluding hydrogens is 274 g/mol. The second-order valence-electron chi connectivity index (χ2n) is 6.91. The third-order valence-corrected chi connectivity index (χ3v) is 4.75. The second-order valence-corrected chi connectivity index (χ2v) is 6.91. The van der Waals surface area contributed by atoms with Crippen LogP contribution in [0.4, 0.5) is 4.79 Å². The molecule has 0 radical (unpaired) electrons. The van der Waals surface area contributed by atoms with Gasteiger partial charge in [-0.05, 0) is 19.8 Å². The zero-order valence-electron chi connectivity index (χ0n) is 14.9. The van der Waals surface area contributed by atoms with E-state index in [-0.39, 0.29) is 18.2 Å². The average Bonchev–Trinajstić information content (AvgIpc) is 2.82. The highest BCUT2D eigenvalue weighted by Gasteiger charge is 2.29.